The molecule has 1 heterocycles. The van der Waals surface area contributed by atoms with Gasteiger partial charge in [0.05, 0.1) is 7.11 Å². The summed E-state index contributed by atoms with van der Waals surface area (Å²) in [5, 5.41) is 3.56. The van der Waals surface area contributed by atoms with Gasteiger partial charge in [-0.05, 0) is 19.1 Å². The Labute approximate surface area is 105 Å². The Morgan fingerprint density at radius 3 is 2.76 bits per heavy atom. The van der Waals surface area contributed by atoms with Crippen LogP contribution in [0.2, 0.25) is 5.15 Å². The molecule has 5 heteroatoms. The maximum Gasteiger partial charge on any atom is 0.135 e. The number of anilines is 2. The molecule has 0 unspecified atom stereocenters. The molecule has 0 spiro atoms. The second-order valence-electron chi connectivity index (χ2n) is 3.48. The van der Waals surface area contributed by atoms with Crippen LogP contribution in [0.5, 0.6) is 5.75 Å². The number of nitrogens with zero attached hydrogens (tertiary/aromatic N) is 2. The van der Waals surface area contributed by atoms with Crippen molar-refractivity contribution < 1.29 is 4.74 Å². The number of rotatable bonds is 3. The van der Waals surface area contributed by atoms with E-state index in [2.05, 4.69) is 15.3 Å². The number of hydrogen-bond acceptors (Lipinski definition) is 4. The Bertz CT molecular complexity index is 511. The van der Waals surface area contributed by atoms with E-state index in [1.807, 2.05) is 24.3 Å². The molecule has 1 N–H and O–H groups in total. The van der Waals surface area contributed by atoms with Gasteiger partial charge in [-0.25, -0.2) is 9.97 Å². The van der Waals surface area contributed by atoms with Gasteiger partial charge in [0.2, 0.25) is 0 Å². The summed E-state index contributed by atoms with van der Waals surface area (Å²) in [4.78, 5) is 8.24. The predicted octanol–water partition coefficient (Wildman–Crippen LogP) is 3.19. The zero-order valence-electron chi connectivity index (χ0n) is 9.57. The molecule has 0 saturated carbocycles. The molecule has 4 nitrogen and oxygen atoms in total. The molecular formula is C12H12ClN3O. The lowest BCUT2D eigenvalue weighted by atomic mass is 10.3. The smallest absolute Gasteiger partial charge is 0.135 e. The van der Waals surface area contributed by atoms with E-state index in [1.165, 1.54) is 0 Å². The number of halogens is 1. The Morgan fingerprint density at radius 2 is 2.06 bits per heavy atom. The van der Waals surface area contributed by atoms with Gasteiger partial charge < -0.3 is 10.1 Å². The second-order valence-corrected chi connectivity index (χ2v) is 3.87. The molecule has 0 amide bonds. The Hall–Kier alpha value is -1.81. The molecular weight excluding hydrogens is 238 g/mol. The van der Waals surface area contributed by atoms with Crippen LogP contribution in [-0.4, -0.2) is 17.1 Å². The summed E-state index contributed by atoms with van der Waals surface area (Å²) in [7, 11) is 1.63. The van der Waals surface area contributed by atoms with Crippen LogP contribution in [0.25, 0.3) is 0 Å². The van der Waals surface area contributed by atoms with Crippen molar-refractivity contribution in [1.82, 2.24) is 9.97 Å². The van der Waals surface area contributed by atoms with Crippen LogP contribution in [-0.2, 0) is 0 Å². The number of nitrogens with one attached hydrogen (secondary N) is 1. The maximum atomic E-state index is 5.86. The van der Waals surface area contributed by atoms with Crippen molar-refractivity contribution in [3.63, 3.8) is 0 Å². The molecule has 0 fully saturated rings. The minimum absolute atomic E-state index is 0.419. The number of benzene rings is 1. The van der Waals surface area contributed by atoms with Gasteiger partial charge in [-0.15, -0.1) is 0 Å². The van der Waals surface area contributed by atoms with Crippen LogP contribution in [0.15, 0.2) is 30.3 Å². The minimum Gasteiger partial charge on any atom is -0.497 e. The molecule has 0 saturated heterocycles. The molecule has 0 atom stereocenters. The van der Waals surface area contributed by atoms with Gasteiger partial charge in [-0.3, -0.25) is 0 Å². The molecule has 0 aliphatic carbocycles. The highest BCUT2D eigenvalue weighted by molar-refractivity contribution is 6.29. The first-order valence-corrected chi connectivity index (χ1v) is 5.47. The highest BCUT2D eigenvalue weighted by Crippen LogP contribution is 2.21. The molecule has 88 valence electrons. The standard InChI is InChI=1S/C12H12ClN3O/c1-8-14-11(13)7-12(15-8)16-9-4-3-5-10(6-9)17-2/h3-7H,1-2H3,(H,14,15,16). The zero-order valence-corrected chi connectivity index (χ0v) is 10.3. The molecule has 0 aliphatic rings. The average molecular weight is 250 g/mol. The summed E-state index contributed by atoms with van der Waals surface area (Å²) in [6.07, 6.45) is 0. The van der Waals surface area contributed by atoms with Crippen LogP contribution in [0.3, 0.4) is 0 Å². The van der Waals surface area contributed by atoms with E-state index in [1.54, 1.807) is 20.1 Å². The molecule has 0 bridgehead atoms. The van der Waals surface area contributed by atoms with E-state index in [-0.39, 0.29) is 0 Å². The van der Waals surface area contributed by atoms with E-state index in [4.69, 9.17) is 16.3 Å². The fourth-order valence-electron chi connectivity index (χ4n) is 1.44. The lowest BCUT2D eigenvalue weighted by molar-refractivity contribution is 0.415. The fraction of sp³-hybridized carbons (Fsp3) is 0.167. The normalized spacial score (nSPS) is 10.1. The highest BCUT2D eigenvalue weighted by Gasteiger charge is 2.01. The van der Waals surface area contributed by atoms with Gasteiger partial charge in [-0.1, -0.05) is 17.7 Å². The van der Waals surface area contributed by atoms with Gasteiger partial charge in [0.25, 0.3) is 0 Å². The van der Waals surface area contributed by atoms with Crippen molar-refractivity contribution in [3.05, 3.63) is 41.3 Å². The Balaban J connectivity index is 2.24. The summed E-state index contributed by atoms with van der Waals surface area (Å²) in [6.45, 7) is 1.79. The first-order chi connectivity index (χ1) is 8.17. The molecule has 1 aromatic heterocycles. The lowest BCUT2D eigenvalue weighted by Gasteiger charge is -2.07. The van der Waals surface area contributed by atoms with Gasteiger partial charge >= 0.3 is 0 Å². The van der Waals surface area contributed by atoms with E-state index in [0.717, 1.165) is 11.4 Å². The van der Waals surface area contributed by atoms with Crippen molar-refractivity contribution in [2.45, 2.75) is 6.92 Å². The molecule has 1 aromatic carbocycles. The topological polar surface area (TPSA) is 47.0 Å². The summed E-state index contributed by atoms with van der Waals surface area (Å²) < 4.78 is 5.14. The molecule has 0 aliphatic heterocycles. The summed E-state index contributed by atoms with van der Waals surface area (Å²) >= 11 is 5.86. The Morgan fingerprint density at radius 1 is 1.24 bits per heavy atom. The maximum absolute atomic E-state index is 5.86. The average Bonchev–Trinajstić information content (AvgIpc) is 2.28. The van der Waals surface area contributed by atoms with E-state index in [9.17, 15) is 0 Å². The predicted molar refractivity (Wildman–Crippen MR) is 68.1 cm³/mol. The van der Waals surface area contributed by atoms with Crippen LogP contribution >= 0.6 is 11.6 Å². The number of aryl methyl sites for hydroxylation is 1. The first-order valence-electron chi connectivity index (χ1n) is 5.09. The van der Waals surface area contributed by atoms with Gasteiger partial charge in [-0.2, -0.15) is 0 Å². The number of aromatic nitrogens is 2. The van der Waals surface area contributed by atoms with Crippen LogP contribution in [0.4, 0.5) is 11.5 Å². The van der Waals surface area contributed by atoms with Crippen molar-refractivity contribution >= 4 is 23.1 Å². The van der Waals surface area contributed by atoms with Crippen molar-refractivity contribution in [3.8, 4) is 5.75 Å². The molecule has 2 aromatic rings. The van der Waals surface area contributed by atoms with Gasteiger partial charge in [0.15, 0.2) is 0 Å². The van der Waals surface area contributed by atoms with Gasteiger partial charge in [0.1, 0.15) is 22.5 Å². The fourth-order valence-corrected chi connectivity index (χ4v) is 1.67. The highest BCUT2D eigenvalue weighted by atomic mass is 35.5. The number of methoxy groups -OCH3 is 1. The summed E-state index contributed by atoms with van der Waals surface area (Å²) in [5.74, 6) is 2.07. The molecule has 0 radical (unpaired) electrons. The van der Waals surface area contributed by atoms with Crippen LogP contribution in [0, 0.1) is 6.92 Å². The zero-order chi connectivity index (χ0) is 12.3. The SMILES string of the molecule is COc1cccc(Nc2cc(Cl)nc(C)n2)c1. The first kappa shape index (κ1) is 11.7. The largest absolute Gasteiger partial charge is 0.497 e. The van der Waals surface area contributed by atoms with E-state index >= 15 is 0 Å². The number of ether oxygens (including phenoxy) is 1. The van der Waals surface area contributed by atoms with E-state index < -0.39 is 0 Å². The number of hydrogen-bond donors (Lipinski definition) is 1. The monoisotopic (exact) mass is 249 g/mol. The third-order valence-electron chi connectivity index (χ3n) is 2.15. The summed E-state index contributed by atoms with van der Waals surface area (Å²) in [5.41, 5.74) is 0.888. The van der Waals surface area contributed by atoms with Crippen molar-refractivity contribution in [2.24, 2.45) is 0 Å². The van der Waals surface area contributed by atoms with Gasteiger partial charge in [0, 0.05) is 17.8 Å². The summed E-state index contributed by atoms with van der Waals surface area (Å²) in [6, 6.07) is 9.26. The minimum atomic E-state index is 0.419. The molecule has 17 heavy (non-hydrogen) atoms. The second kappa shape index (κ2) is 5.01. The van der Waals surface area contributed by atoms with Crippen molar-refractivity contribution in [1.29, 1.82) is 0 Å². The lowest BCUT2D eigenvalue weighted by Crippen LogP contribution is -1.97. The molecule has 2 rings (SSSR count). The third-order valence-corrected chi connectivity index (χ3v) is 2.34. The quantitative estimate of drug-likeness (QED) is 0.849. The van der Waals surface area contributed by atoms with Crippen molar-refractivity contribution in [2.75, 3.05) is 12.4 Å². The van der Waals surface area contributed by atoms with E-state index in [0.29, 0.717) is 16.8 Å². The third kappa shape index (κ3) is 3.07. The van der Waals surface area contributed by atoms with Crippen LogP contribution in [0.1, 0.15) is 5.82 Å². The Kier molecular flexibility index (Phi) is 3.44. The van der Waals surface area contributed by atoms with Crippen LogP contribution < -0.4 is 10.1 Å².